The molecule has 3 nitrogen and oxygen atoms in total. The van der Waals surface area contributed by atoms with E-state index in [1.165, 1.54) is 12.1 Å². The van der Waals surface area contributed by atoms with Crippen molar-refractivity contribution in [2.45, 2.75) is 13.2 Å². The summed E-state index contributed by atoms with van der Waals surface area (Å²) in [6, 6.07) is 13.8. The predicted molar refractivity (Wildman–Crippen MR) is 74.7 cm³/mol. The molecule has 1 N–H and O–H groups in total. The maximum absolute atomic E-state index is 13.3. The first kappa shape index (κ1) is 14.0. The first-order chi connectivity index (χ1) is 9.72. The maximum atomic E-state index is 13.3. The van der Waals surface area contributed by atoms with Gasteiger partial charge in [0.2, 0.25) is 0 Å². The SMILES string of the molecule is CNCc1ccccc1OCc1cc(F)cc(C#N)c1. The molecule has 0 saturated heterocycles. The first-order valence-corrected chi connectivity index (χ1v) is 6.28. The van der Waals surface area contributed by atoms with E-state index in [1.807, 2.05) is 37.4 Å². The summed E-state index contributed by atoms with van der Waals surface area (Å²) in [6.45, 7) is 0.927. The minimum Gasteiger partial charge on any atom is -0.489 e. The van der Waals surface area contributed by atoms with Crippen molar-refractivity contribution in [3.63, 3.8) is 0 Å². The maximum Gasteiger partial charge on any atom is 0.124 e. The lowest BCUT2D eigenvalue weighted by Crippen LogP contribution is -2.07. The van der Waals surface area contributed by atoms with Gasteiger partial charge in [-0.3, -0.25) is 0 Å². The Bertz CT molecular complexity index is 635. The molecule has 0 amide bonds. The molecule has 0 radical (unpaired) electrons. The number of hydrogen-bond donors (Lipinski definition) is 1. The summed E-state index contributed by atoms with van der Waals surface area (Å²) < 4.78 is 19.0. The minimum absolute atomic E-state index is 0.229. The Morgan fingerprint density at radius 2 is 2.05 bits per heavy atom. The van der Waals surface area contributed by atoms with Gasteiger partial charge in [0.05, 0.1) is 11.6 Å². The fourth-order valence-electron chi connectivity index (χ4n) is 1.94. The van der Waals surface area contributed by atoms with Crippen LogP contribution in [0.4, 0.5) is 4.39 Å². The molecule has 102 valence electrons. The van der Waals surface area contributed by atoms with Gasteiger partial charge in [-0.25, -0.2) is 4.39 Å². The Morgan fingerprint density at radius 3 is 2.80 bits per heavy atom. The highest BCUT2D eigenvalue weighted by molar-refractivity contribution is 5.35. The zero-order valence-electron chi connectivity index (χ0n) is 11.2. The number of hydrogen-bond acceptors (Lipinski definition) is 3. The smallest absolute Gasteiger partial charge is 0.124 e. The van der Waals surface area contributed by atoms with Crippen LogP contribution in [0.25, 0.3) is 0 Å². The highest BCUT2D eigenvalue weighted by Gasteiger charge is 2.04. The number of halogens is 1. The van der Waals surface area contributed by atoms with E-state index in [9.17, 15) is 4.39 Å². The average Bonchev–Trinajstić information content (AvgIpc) is 2.46. The lowest BCUT2D eigenvalue weighted by Gasteiger charge is -2.11. The van der Waals surface area contributed by atoms with Crippen molar-refractivity contribution in [2.75, 3.05) is 7.05 Å². The van der Waals surface area contributed by atoms with Gasteiger partial charge in [0.15, 0.2) is 0 Å². The van der Waals surface area contributed by atoms with Gasteiger partial charge in [0.25, 0.3) is 0 Å². The highest BCUT2D eigenvalue weighted by atomic mass is 19.1. The minimum atomic E-state index is -0.425. The lowest BCUT2D eigenvalue weighted by atomic mass is 10.1. The van der Waals surface area contributed by atoms with Gasteiger partial charge in [-0.1, -0.05) is 18.2 Å². The zero-order chi connectivity index (χ0) is 14.4. The summed E-state index contributed by atoms with van der Waals surface area (Å²) in [5.41, 5.74) is 1.97. The van der Waals surface area contributed by atoms with Crippen LogP contribution in [0.5, 0.6) is 5.75 Å². The molecule has 0 aliphatic carbocycles. The summed E-state index contributed by atoms with van der Waals surface area (Å²) >= 11 is 0. The molecule has 0 aromatic heterocycles. The van der Waals surface area contributed by atoms with Crippen molar-refractivity contribution >= 4 is 0 Å². The van der Waals surface area contributed by atoms with Crippen LogP contribution in [0.1, 0.15) is 16.7 Å². The average molecular weight is 270 g/mol. The molecule has 0 bridgehead atoms. The lowest BCUT2D eigenvalue weighted by molar-refractivity contribution is 0.301. The molecule has 0 unspecified atom stereocenters. The Balaban J connectivity index is 2.13. The number of para-hydroxylation sites is 1. The van der Waals surface area contributed by atoms with Crippen molar-refractivity contribution in [3.05, 3.63) is 65.0 Å². The summed E-state index contributed by atoms with van der Waals surface area (Å²) in [5.74, 6) is 0.329. The van der Waals surface area contributed by atoms with Crippen LogP contribution in [-0.4, -0.2) is 7.05 Å². The molecule has 4 heteroatoms. The highest BCUT2D eigenvalue weighted by Crippen LogP contribution is 2.19. The van der Waals surface area contributed by atoms with Crippen LogP contribution >= 0.6 is 0 Å². The molecule has 0 spiro atoms. The third kappa shape index (κ3) is 3.56. The predicted octanol–water partition coefficient (Wildman–Crippen LogP) is 3.00. The third-order valence-corrected chi connectivity index (χ3v) is 2.82. The van der Waals surface area contributed by atoms with Crippen molar-refractivity contribution in [1.82, 2.24) is 5.32 Å². The van der Waals surface area contributed by atoms with Crippen molar-refractivity contribution in [2.24, 2.45) is 0 Å². The molecule has 0 saturated carbocycles. The molecule has 2 aromatic carbocycles. The van der Waals surface area contributed by atoms with E-state index in [0.717, 1.165) is 11.3 Å². The molecule has 20 heavy (non-hydrogen) atoms. The van der Waals surface area contributed by atoms with Crippen LogP contribution < -0.4 is 10.1 Å². The number of nitrogens with zero attached hydrogens (tertiary/aromatic N) is 1. The van der Waals surface area contributed by atoms with Gasteiger partial charge in [-0.2, -0.15) is 5.26 Å². The van der Waals surface area contributed by atoms with E-state index < -0.39 is 5.82 Å². The monoisotopic (exact) mass is 270 g/mol. The van der Waals surface area contributed by atoms with Crippen molar-refractivity contribution in [3.8, 4) is 11.8 Å². The van der Waals surface area contributed by atoms with Gasteiger partial charge >= 0.3 is 0 Å². The van der Waals surface area contributed by atoms with Gasteiger partial charge in [0.1, 0.15) is 18.2 Å². The second kappa shape index (κ2) is 6.69. The Morgan fingerprint density at radius 1 is 1.25 bits per heavy atom. The van der Waals surface area contributed by atoms with E-state index in [1.54, 1.807) is 6.07 Å². The molecular formula is C16H15FN2O. The molecule has 2 rings (SSSR count). The fraction of sp³-hybridized carbons (Fsp3) is 0.188. The number of nitriles is 1. The summed E-state index contributed by atoms with van der Waals surface area (Å²) in [6.07, 6.45) is 0. The second-order valence-electron chi connectivity index (χ2n) is 4.39. The van der Waals surface area contributed by atoms with Crippen LogP contribution in [0.15, 0.2) is 42.5 Å². The molecular weight excluding hydrogens is 255 g/mol. The van der Waals surface area contributed by atoms with E-state index in [-0.39, 0.29) is 6.61 Å². The largest absolute Gasteiger partial charge is 0.489 e. The summed E-state index contributed by atoms with van der Waals surface area (Å²) in [7, 11) is 1.86. The van der Waals surface area contributed by atoms with E-state index >= 15 is 0 Å². The van der Waals surface area contributed by atoms with Gasteiger partial charge < -0.3 is 10.1 Å². The first-order valence-electron chi connectivity index (χ1n) is 6.28. The van der Waals surface area contributed by atoms with Crippen LogP contribution in [0.3, 0.4) is 0 Å². The van der Waals surface area contributed by atoms with Crippen LogP contribution in [0, 0.1) is 17.1 Å². The molecule has 0 heterocycles. The van der Waals surface area contributed by atoms with Crippen LogP contribution in [0.2, 0.25) is 0 Å². The van der Waals surface area contributed by atoms with Crippen molar-refractivity contribution in [1.29, 1.82) is 5.26 Å². The summed E-state index contributed by atoms with van der Waals surface area (Å²) in [4.78, 5) is 0. The standard InChI is InChI=1S/C16H15FN2O/c1-19-10-14-4-2-3-5-16(14)20-11-13-6-12(9-18)7-15(17)8-13/h2-8,19H,10-11H2,1H3. The number of benzene rings is 2. The van der Waals surface area contributed by atoms with E-state index in [2.05, 4.69) is 5.32 Å². The number of ether oxygens (including phenoxy) is 1. The molecule has 0 atom stereocenters. The normalized spacial score (nSPS) is 10.1. The third-order valence-electron chi connectivity index (χ3n) is 2.82. The number of nitrogens with one attached hydrogen (secondary N) is 1. The van der Waals surface area contributed by atoms with Crippen LogP contribution in [-0.2, 0) is 13.2 Å². The number of rotatable bonds is 5. The quantitative estimate of drug-likeness (QED) is 0.908. The van der Waals surface area contributed by atoms with Crippen molar-refractivity contribution < 1.29 is 9.13 Å². The van der Waals surface area contributed by atoms with Gasteiger partial charge in [-0.15, -0.1) is 0 Å². The van der Waals surface area contributed by atoms with E-state index in [0.29, 0.717) is 17.7 Å². The fourth-order valence-corrected chi connectivity index (χ4v) is 1.94. The Hall–Kier alpha value is -2.38. The zero-order valence-corrected chi connectivity index (χ0v) is 11.2. The Labute approximate surface area is 117 Å². The Kier molecular flexibility index (Phi) is 4.70. The summed E-state index contributed by atoms with van der Waals surface area (Å²) in [5, 5.41) is 11.9. The topological polar surface area (TPSA) is 45.0 Å². The molecule has 0 aliphatic rings. The molecule has 2 aromatic rings. The molecule has 0 aliphatic heterocycles. The van der Waals surface area contributed by atoms with Gasteiger partial charge in [0, 0.05) is 12.1 Å². The van der Waals surface area contributed by atoms with Gasteiger partial charge in [-0.05, 0) is 36.9 Å². The second-order valence-corrected chi connectivity index (χ2v) is 4.39. The van der Waals surface area contributed by atoms with E-state index in [4.69, 9.17) is 10.00 Å². The molecule has 0 fully saturated rings.